The fraction of sp³-hybridized carbons (Fsp3) is 0.100. The van der Waals surface area contributed by atoms with Gasteiger partial charge >= 0.3 is 16.9 Å². The van der Waals surface area contributed by atoms with Crippen LogP contribution in [0.15, 0.2) is 44.4 Å². The molecule has 9 nitrogen and oxygen atoms in total. The Hall–Kier alpha value is -3.08. The molecule has 12 heteroatoms. The molecule has 0 saturated carbocycles. The summed E-state index contributed by atoms with van der Waals surface area (Å²) in [5.74, 6) is 0.819. The first-order chi connectivity index (χ1) is 15.2. The average Bonchev–Trinajstić information content (AvgIpc) is 2.73. The summed E-state index contributed by atoms with van der Waals surface area (Å²) in [4.78, 5) is 37.6. The van der Waals surface area contributed by atoms with Crippen LogP contribution in [0.2, 0.25) is 10.0 Å². The molecule has 32 heavy (non-hydrogen) atoms. The van der Waals surface area contributed by atoms with Crippen LogP contribution in [0, 0.1) is 10.1 Å². The van der Waals surface area contributed by atoms with Crippen LogP contribution in [0.25, 0.3) is 12.2 Å². The number of aromatic nitrogens is 2. The number of hydrogen-bond acceptors (Lipinski definition) is 6. The van der Waals surface area contributed by atoms with Gasteiger partial charge in [-0.15, -0.1) is 0 Å². The maximum atomic E-state index is 11.7. The first-order valence-corrected chi connectivity index (χ1v) is 10.4. The number of methoxy groups -OCH3 is 1. The maximum Gasteiger partial charge on any atom is 0.357 e. The standard InChI is InChI=1S/C20H14BrCl2N3O6/c1-31-16-7-11(3-5-15-18(26(29)30)19(27)25-20(28)24-15)12(21)8-17(16)32-9-10-2-4-13(22)14(23)6-10/h2-8H,9H2,1H3,(H2,24,25,27,28). The third-order valence-corrected chi connectivity index (χ3v) is 5.64. The highest BCUT2D eigenvalue weighted by Gasteiger charge is 2.19. The number of benzene rings is 2. The van der Waals surface area contributed by atoms with Gasteiger partial charge in [-0.2, -0.15) is 0 Å². The highest BCUT2D eigenvalue weighted by Crippen LogP contribution is 2.35. The van der Waals surface area contributed by atoms with Crippen LogP contribution in [0.1, 0.15) is 16.8 Å². The van der Waals surface area contributed by atoms with E-state index < -0.39 is 21.9 Å². The van der Waals surface area contributed by atoms with E-state index in [0.717, 1.165) is 5.56 Å². The Morgan fingerprint density at radius 1 is 1.09 bits per heavy atom. The highest BCUT2D eigenvalue weighted by molar-refractivity contribution is 9.10. The number of rotatable bonds is 7. The molecule has 0 spiro atoms. The van der Waals surface area contributed by atoms with Gasteiger partial charge in [-0.25, -0.2) is 4.79 Å². The summed E-state index contributed by atoms with van der Waals surface area (Å²) in [5.41, 5.74) is -1.62. The Kier molecular flexibility index (Phi) is 7.39. The van der Waals surface area contributed by atoms with Crippen molar-refractivity contribution in [2.24, 2.45) is 0 Å². The largest absolute Gasteiger partial charge is 0.493 e. The minimum atomic E-state index is -1.10. The van der Waals surface area contributed by atoms with E-state index in [2.05, 4.69) is 20.9 Å². The monoisotopic (exact) mass is 541 g/mol. The van der Waals surface area contributed by atoms with E-state index in [9.17, 15) is 19.7 Å². The molecular formula is C20H14BrCl2N3O6. The Bertz CT molecular complexity index is 1340. The molecular weight excluding hydrogens is 529 g/mol. The third-order valence-electron chi connectivity index (χ3n) is 4.22. The Labute approximate surface area is 198 Å². The topological polar surface area (TPSA) is 127 Å². The van der Waals surface area contributed by atoms with Crippen molar-refractivity contribution in [3.05, 3.63) is 92.6 Å². The predicted molar refractivity (Wildman–Crippen MR) is 125 cm³/mol. The molecule has 166 valence electrons. The van der Waals surface area contributed by atoms with E-state index in [4.69, 9.17) is 32.7 Å². The molecule has 0 fully saturated rings. The van der Waals surface area contributed by atoms with Gasteiger partial charge in [0.2, 0.25) is 0 Å². The molecule has 0 bridgehead atoms. The quantitative estimate of drug-likeness (QED) is 0.326. The number of H-pyrrole nitrogens is 2. The molecule has 3 rings (SSSR count). The van der Waals surface area contributed by atoms with E-state index >= 15 is 0 Å². The zero-order valence-electron chi connectivity index (χ0n) is 16.3. The summed E-state index contributed by atoms with van der Waals surface area (Å²) in [6.07, 6.45) is 2.73. The van der Waals surface area contributed by atoms with Gasteiger partial charge in [0.25, 0.3) is 0 Å². The molecule has 0 radical (unpaired) electrons. The van der Waals surface area contributed by atoms with Gasteiger partial charge in [0.1, 0.15) is 12.3 Å². The number of nitro groups is 1. The van der Waals surface area contributed by atoms with E-state index in [1.807, 2.05) is 4.98 Å². The number of nitrogens with one attached hydrogen (secondary N) is 2. The molecule has 1 aromatic heterocycles. The molecule has 1 heterocycles. The van der Waals surface area contributed by atoms with Crippen LogP contribution < -0.4 is 20.7 Å². The van der Waals surface area contributed by atoms with Crippen molar-refractivity contribution in [3.8, 4) is 11.5 Å². The van der Waals surface area contributed by atoms with E-state index in [0.29, 0.717) is 31.6 Å². The minimum Gasteiger partial charge on any atom is -0.493 e. The van der Waals surface area contributed by atoms with Crippen LogP contribution in [-0.4, -0.2) is 22.0 Å². The summed E-state index contributed by atoms with van der Waals surface area (Å²) < 4.78 is 11.8. The molecule has 2 aromatic carbocycles. The number of hydrogen-bond donors (Lipinski definition) is 2. The maximum absolute atomic E-state index is 11.7. The van der Waals surface area contributed by atoms with Crippen molar-refractivity contribution in [1.29, 1.82) is 0 Å². The van der Waals surface area contributed by atoms with Gasteiger partial charge < -0.3 is 14.5 Å². The van der Waals surface area contributed by atoms with Gasteiger partial charge in [-0.3, -0.25) is 19.9 Å². The predicted octanol–water partition coefficient (Wildman–Crippen LogP) is 4.80. The molecule has 0 aliphatic carbocycles. The van der Waals surface area contributed by atoms with Crippen molar-refractivity contribution in [2.75, 3.05) is 7.11 Å². The molecule has 2 N–H and O–H groups in total. The minimum absolute atomic E-state index is 0.203. The second kappa shape index (κ2) is 10.0. The van der Waals surface area contributed by atoms with Crippen molar-refractivity contribution in [2.45, 2.75) is 6.61 Å². The molecule has 0 saturated heterocycles. The first kappa shape index (κ1) is 23.6. The molecule has 0 atom stereocenters. The summed E-state index contributed by atoms with van der Waals surface area (Å²) in [7, 11) is 1.46. The lowest BCUT2D eigenvalue weighted by Crippen LogP contribution is -2.25. The third kappa shape index (κ3) is 5.39. The van der Waals surface area contributed by atoms with Gasteiger partial charge in [0.15, 0.2) is 11.5 Å². The lowest BCUT2D eigenvalue weighted by Gasteiger charge is -2.13. The van der Waals surface area contributed by atoms with Crippen molar-refractivity contribution in [1.82, 2.24) is 9.97 Å². The Morgan fingerprint density at radius 2 is 1.84 bits per heavy atom. The number of ether oxygens (including phenoxy) is 2. The summed E-state index contributed by atoms with van der Waals surface area (Å²) in [6.45, 7) is 0.203. The fourth-order valence-electron chi connectivity index (χ4n) is 2.71. The average molecular weight is 543 g/mol. The Balaban J connectivity index is 1.90. The summed E-state index contributed by atoms with van der Waals surface area (Å²) in [5, 5.41) is 12.0. The van der Waals surface area contributed by atoms with Crippen LogP contribution in [-0.2, 0) is 6.61 Å². The second-order valence-corrected chi connectivity index (χ2v) is 7.99. The van der Waals surface area contributed by atoms with E-state index in [-0.39, 0.29) is 12.3 Å². The summed E-state index contributed by atoms with van der Waals surface area (Å²) in [6, 6.07) is 8.43. The van der Waals surface area contributed by atoms with Gasteiger partial charge in [0.05, 0.1) is 22.1 Å². The Morgan fingerprint density at radius 3 is 2.50 bits per heavy atom. The smallest absolute Gasteiger partial charge is 0.357 e. The van der Waals surface area contributed by atoms with Crippen molar-refractivity contribution >= 4 is 57.0 Å². The zero-order chi connectivity index (χ0) is 23.4. The van der Waals surface area contributed by atoms with Gasteiger partial charge in [-0.05, 0) is 41.5 Å². The first-order valence-electron chi connectivity index (χ1n) is 8.83. The van der Waals surface area contributed by atoms with E-state index in [1.165, 1.54) is 19.3 Å². The van der Waals surface area contributed by atoms with Crippen LogP contribution in [0.5, 0.6) is 11.5 Å². The lowest BCUT2D eigenvalue weighted by molar-refractivity contribution is -0.386. The second-order valence-electron chi connectivity index (χ2n) is 6.32. The lowest BCUT2D eigenvalue weighted by atomic mass is 10.1. The van der Waals surface area contributed by atoms with Gasteiger partial charge in [0, 0.05) is 4.47 Å². The van der Waals surface area contributed by atoms with Crippen molar-refractivity contribution in [3.63, 3.8) is 0 Å². The molecule has 0 aliphatic rings. The van der Waals surface area contributed by atoms with Crippen molar-refractivity contribution < 1.29 is 14.4 Å². The van der Waals surface area contributed by atoms with Gasteiger partial charge in [-0.1, -0.05) is 51.3 Å². The molecule has 3 aromatic rings. The normalized spacial score (nSPS) is 11.0. The zero-order valence-corrected chi connectivity index (χ0v) is 19.4. The summed E-state index contributed by atoms with van der Waals surface area (Å²) >= 11 is 15.4. The number of aromatic amines is 2. The fourth-order valence-corrected chi connectivity index (χ4v) is 3.49. The number of halogens is 3. The van der Waals surface area contributed by atoms with E-state index in [1.54, 1.807) is 30.3 Å². The highest BCUT2D eigenvalue weighted by atomic mass is 79.9. The molecule has 0 amide bonds. The van der Waals surface area contributed by atoms with Crippen LogP contribution in [0.3, 0.4) is 0 Å². The van der Waals surface area contributed by atoms with Crippen LogP contribution in [0.4, 0.5) is 5.69 Å². The number of nitrogens with zero attached hydrogens (tertiary/aromatic N) is 1. The van der Waals surface area contributed by atoms with Crippen LogP contribution >= 0.6 is 39.1 Å². The molecule has 0 unspecified atom stereocenters. The SMILES string of the molecule is COc1cc(C=Cc2[nH]c(=O)[nH]c(=O)c2[N+](=O)[O-])c(Br)cc1OCc1ccc(Cl)c(Cl)c1. The molecule has 0 aliphatic heterocycles.